The van der Waals surface area contributed by atoms with Crippen molar-refractivity contribution in [3.8, 4) is 0 Å². The summed E-state index contributed by atoms with van der Waals surface area (Å²) in [6.07, 6.45) is 3.46. The van der Waals surface area contributed by atoms with Gasteiger partial charge in [0.15, 0.2) is 0 Å². The van der Waals surface area contributed by atoms with E-state index in [-0.39, 0.29) is 5.41 Å². The second kappa shape index (κ2) is 4.65. The highest BCUT2D eigenvalue weighted by molar-refractivity contribution is 5.50. The quantitative estimate of drug-likeness (QED) is 0.907. The summed E-state index contributed by atoms with van der Waals surface area (Å²) in [5.41, 5.74) is 11.6. The van der Waals surface area contributed by atoms with Gasteiger partial charge in [-0.1, -0.05) is 43.7 Å². The van der Waals surface area contributed by atoms with Crippen molar-refractivity contribution in [2.24, 2.45) is 0 Å². The fourth-order valence-corrected chi connectivity index (χ4v) is 3.37. The van der Waals surface area contributed by atoms with Crippen LogP contribution in [0.25, 0.3) is 0 Å². The number of nitrogens with zero attached hydrogens (tertiary/aromatic N) is 2. The molecule has 1 aliphatic carbocycles. The van der Waals surface area contributed by atoms with Crippen LogP contribution in [0.2, 0.25) is 0 Å². The molecular weight excluding hydrogens is 246 g/mol. The first-order valence-electron chi connectivity index (χ1n) is 7.38. The third kappa shape index (κ3) is 2.21. The summed E-state index contributed by atoms with van der Waals surface area (Å²) in [5, 5.41) is 4.76. The fraction of sp³-hybridized carbons (Fsp3) is 0.471. The van der Waals surface area contributed by atoms with Gasteiger partial charge in [0, 0.05) is 5.56 Å². The molecule has 1 heterocycles. The third-order valence-electron chi connectivity index (χ3n) is 4.37. The van der Waals surface area contributed by atoms with E-state index in [0.717, 1.165) is 18.8 Å². The van der Waals surface area contributed by atoms with Gasteiger partial charge in [0.2, 0.25) is 0 Å². The molecular formula is C17H23N3. The number of fused-ring (bicyclic) bond motifs is 1. The van der Waals surface area contributed by atoms with Crippen molar-refractivity contribution in [1.29, 1.82) is 0 Å². The molecule has 0 saturated heterocycles. The molecule has 1 aliphatic rings. The Morgan fingerprint density at radius 2 is 2.15 bits per heavy atom. The van der Waals surface area contributed by atoms with Crippen LogP contribution >= 0.6 is 0 Å². The Balaban J connectivity index is 1.98. The minimum Gasteiger partial charge on any atom is -0.384 e. The van der Waals surface area contributed by atoms with Gasteiger partial charge in [-0.3, -0.25) is 0 Å². The zero-order valence-electron chi connectivity index (χ0n) is 12.6. The average molecular weight is 269 g/mol. The number of anilines is 1. The number of rotatable bonds is 2. The molecule has 1 aromatic carbocycles. The standard InChI is InChI=1S/C17H23N3/c1-12-6-4-7-13(10-12)11-20-16(18)15-14(19-20)8-5-9-17(15,2)3/h4,6-7,10H,5,8-9,11,18H2,1-3H3. The maximum absolute atomic E-state index is 6.39. The van der Waals surface area contributed by atoms with Crippen LogP contribution in [0.15, 0.2) is 24.3 Å². The average Bonchev–Trinajstić information content (AvgIpc) is 2.67. The zero-order chi connectivity index (χ0) is 14.3. The van der Waals surface area contributed by atoms with Gasteiger partial charge in [-0.05, 0) is 37.2 Å². The lowest BCUT2D eigenvalue weighted by Crippen LogP contribution is -2.24. The van der Waals surface area contributed by atoms with Crippen molar-refractivity contribution < 1.29 is 0 Å². The van der Waals surface area contributed by atoms with Crippen molar-refractivity contribution in [2.45, 2.75) is 52.0 Å². The predicted octanol–water partition coefficient (Wildman–Crippen LogP) is 3.44. The van der Waals surface area contributed by atoms with Crippen LogP contribution in [0.3, 0.4) is 0 Å². The molecule has 3 nitrogen and oxygen atoms in total. The molecule has 0 saturated carbocycles. The first-order chi connectivity index (χ1) is 9.47. The summed E-state index contributed by atoms with van der Waals surface area (Å²) in [7, 11) is 0. The molecule has 2 N–H and O–H groups in total. The maximum atomic E-state index is 6.39. The number of aryl methyl sites for hydroxylation is 2. The Bertz CT molecular complexity index is 638. The van der Waals surface area contributed by atoms with Crippen LogP contribution in [0.1, 0.15) is 49.1 Å². The van der Waals surface area contributed by atoms with Gasteiger partial charge < -0.3 is 5.73 Å². The van der Waals surface area contributed by atoms with E-state index < -0.39 is 0 Å². The minimum atomic E-state index is 0.155. The van der Waals surface area contributed by atoms with Gasteiger partial charge in [0.25, 0.3) is 0 Å². The highest BCUT2D eigenvalue weighted by atomic mass is 15.3. The first kappa shape index (κ1) is 13.2. The fourth-order valence-electron chi connectivity index (χ4n) is 3.37. The summed E-state index contributed by atoms with van der Waals surface area (Å²) in [6, 6.07) is 8.54. The highest BCUT2D eigenvalue weighted by Crippen LogP contribution is 2.39. The second-order valence-electron chi connectivity index (χ2n) is 6.59. The van der Waals surface area contributed by atoms with Gasteiger partial charge in [-0.2, -0.15) is 5.10 Å². The van der Waals surface area contributed by atoms with Gasteiger partial charge in [0.1, 0.15) is 5.82 Å². The molecule has 106 valence electrons. The minimum absolute atomic E-state index is 0.155. The molecule has 2 aromatic rings. The van der Waals surface area contributed by atoms with E-state index in [4.69, 9.17) is 10.8 Å². The van der Waals surface area contributed by atoms with Crippen molar-refractivity contribution in [2.75, 3.05) is 5.73 Å². The molecule has 3 rings (SSSR count). The van der Waals surface area contributed by atoms with Crippen LogP contribution in [-0.4, -0.2) is 9.78 Å². The van der Waals surface area contributed by atoms with Crippen LogP contribution in [0.4, 0.5) is 5.82 Å². The molecule has 0 amide bonds. The lowest BCUT2D eigenvalue weighted by atomic mass is 9.75. The van der Waals surface area contributed by atoms with E-state index in [1.165, 1.54) is 35.2 Å². The molecule has 1 aromatic heterocycles. The molecule has 0 aliphatic heterocycles. The number of aromatic nitrogens is 2. The normalized spacial score (nSPS) is 16.9. The predicted molar refractivity (Wildman–Crippen MR) is 82.9 cm³/mol. The lowest BCUT2D eigenvalue weighted by molar-refractivity contribution is 0.432. The van der Waals surface area contributed by atoms with E-state index >= 15 is 0 Å². The Kier molecular flexibility index (Phi) is 3.08. The third-order valence-corrected chi connectivity index (χ3v) is 4.37. The number of nitrogen functional groups attached to an aromatic ring is 1. The summed E-state index contributed by atoms with van der Waals surface area (Å²) in [4.78, 5) is 0. The molecule has 0 unspecified atom stereocenters. The lowest BCUT2D eigenvalue weighted by Gasteiger charge is -2.29. The van der Waals surface area contributed by atoms with Crippen LogP contribution in [-0.2, 0) is 18.4 Å². The molecule has 0 atom stereocenters. The van der Waals surface area contributed by atoms with E-state index in [1.54, 1.807) is 0 Å². The molecule has 0 radical (unpaired) electrons. The van der Waals surface area contributed by atoms with E-state index in [2.05, 4.69) is 45.0 Å². The topological polar surface area (TPSA) is 43.8 Å². The molecule has 0 fully saturated rings. The van der Waals surface area contributed by atoms with E-state index in [1.807, 2.05) is 4.68 Å². The number of nitrogens with two attached hydrogens (primary N) is 1. The van der Waals surface area contributed by atoms with Crippen LogP contribution in [0, 0.1) is 6.92 Å². The Morgan fingerprint density at radius 3 is 2.85 bits per heavy atom. The van der Waals surface area contributed by atoms with Gasteiger partial charge >= 0.3 is 0 Å². The van der Waals surface area contributed by atoms with E-state index in [0.29, 0.717) is 0 Å². The van der Waals surface area contributed by atoms with E-state index in [9.17, 15) is 0 Å². The second-order valence-corrected chi connectivity index (χ2v) is 6.59. The van der Waals surface area contributed by atoms with Gasteiger partial charge in [0.05, 0.1) is 12.2 Å². The van der Waals surface area contributed by atoms with Crippen molar-refractivity contribution in [3.63, 3.8) is 0 Å². The number of benzene rings is 1. The Labute approximate surface area is 120 Å². The number of hydrogen-bond acceptors (Lipinski definition) is 2. The Morgan fingerprint density at radius 1 is 1.35 bits per heavy atom. The SMILES string of the molecule is Cc1cccc(Cn2nc3c(c2N)C(C)(C)CCC3)c1. The highest BCUT2D eigenvalue weighted by Gasteiger charge is 2.33. The van der Waals surface area contributed by atoms with Crippen molar-refractivity contribution in [1.82, 2.24) is 9.78 Å². The van der Waals surface area contributed by atoms with Crippen molar-refractivity contribution in [3.05, 3.63) is 46.6 Å². The summed E-state index contributed by atoms with van der Waals surface area (Å²) in [6.45, 7) is 7.43. The molecule has 0 spiro atoms. The molecule has 20 heavy (non-hydrogen) atoms. The Hall–Kier alpha value is -1.77. The largest absolute Gasteiger partial charge is 0.384 e. The first-order valence-corrected chi connectivity index (χ1v) is 7.38. The summed E-state index contributed by atoms with van der Waals surface area (Å²) < 4.78 is 1.98. The maximum Gasteiger partial charge on any atom is 0.126 e. The summed E-state index contributed by atoms with van der Waals surface area (Å²) >= 11 is 0. The van der Waals surface area contributed by atoms with Crippen LogP contribution < -0.4 is 5.73 Å². The monoisotopic (exact) mass is 269 g/mol. The van der Waals surface area contributed by atoms with Crippen LogP contribution in [0.5, 0.6) is 0 Å². The smallest absolute Gasteiger partial charge is 0.126 e. The summed E-state index contributed by atoms with van der Waals surface area (Å²) in [5.74, 6) is 0.853. The molecule has 0 bridgehead atoms. The zero-order valence-corrected chi connectivity index (χ0v) is 12.6. The molecule has 3 heteroatoms. The van der Waals surface area contributed by atoms with Gasteiger partial charge in [-0.15, -0.1) is 0 Å². The van der Waals surface area contributed by atoms with Gasteiger partial charge in [-0.25, -0.2) is 4.68 Å². The van der Waals surface area contributed by atoms with Crippen molar-refractivity contribution >= 4 is 5.82 Å². The number of hydrogen-bond donors (Lipinski definition) is 1.